The highest BCUT2D eigenvalue weighted by Gasteiger charge is 2.18. The minimum absolute atomic E-state index is 0.377. The van der Waals surface area contributed by atoms with Gasteiger partial charge in [0.1, 0.15) is 17.3 Å². The first kappa shape index (κ1) is 18.5. The molecule has 0 spiro atoms. The maximum absolute atomic E-state index is 6.40. The highest BCUT2D eigenvalue weighted by Crippen LogP contribution is 2.28. The summed E-state index contributed by atoms with van der Waals surface area (Å²) in [6.07, 6.45) is 0. The first-order valence-corrected chi connectivity index (χ1v) is 9.34. The van der Waals surface area contributed by atoms with Gasteiger partial charge in [0.15, 0.2) is 0 Å². The molecule has 25 heavy (non-hydrogen) atoms. The van der Waals surface area contributed by atoms with E-state index >= 15 is 0 Å². The Balaban J connectivity index is 1.66. The summed E-state index contributed by atoms with van der Waals surface area (Å²) in [5.41, 5.74) is 1.88. The Kier molecular flexibility index (Phi) is 6.18. The largest absolute Gasteiger partial charge is 0.487 e. The average Bonchev–Trinajstić information content (AvgIpc) is 2.62. The van der Waals surface area contributed by atoms with E-state index in [1.165, 1.54) is 0 Å². The van der Waals surface area contributed by atoms with Gasteiger partial charge in [-0.05, 0) is 31.3 Å². The molecule has 0 aromatic heterocycles. The van der Waals surface area contributed by atoms with Crippen molar-refractivity contribution < 1.29 is 4.74 Å². The lowest BCUT2D eigenvalue weighted by Crippen LogP contribution is -2.46. The van der Waals surface area contributed by atoms with Gasteiger partial charge >= 0.3 is 0 Å². The van der Waals surface area contributed by atoms with Gasteiger partial charge in [-0.25, -0.2) is 0 Å². The molecule has 1 aliphatic rings. The lowest BCUT2D eigenvalue weighted by Gasteiger charge is -2.34. The smallest absolute Gasteiger partial charge is 0.138 e. The van der Waals surface area contributed by atoms with E-state index in [-0.39, 0.29) is 0 Å². The van der Waals surface area contributed by atoms with Crippen LogP contribution < -0.4 is 4.74 Å². The molecule has 0 radical (unpaired) electrons. The van der Waals surface area contributed by atoms with Gasteiger partial charge in [0.2, 0.25) is 0 Å². The number of benzene rings is 2. The molecule has 0 amide bonds. The van der Waals surface area contributed by atoms with Gasteiger partial charge in [-0.1, -0.05) is 53.6 Å². The fourth-order valence-corrected chi connectivity index (χ4v) is 3.45. The fourth-order valence-electron chi connectivity index (χ4n) is 2.71. The van der Waals surface area contributed by atoms with E-state index in [4.69, 9.17) is 40.2 Å². The Morgan fingerprint density at radius 3 is 2.44 bits per heavy atom. The van der Waals surface area contributed by atoms with Crippen molar-refractivity contribution in [3.05, 3.63) is 63.6 Å². The minimum Gasteiger partial charge on any atom is -0.487 e. The summed E-state index contributed by atoms with van der Waals surface area (Å²) in [5, 5.41) is 1.24. The van der Waals surface area contributed by atoms with Gasteiger partial charge in [-0.15, -0.1) is 0 Å². The van der Waals surface area contributed by atoms with Crippen LogP contribution in [0.15, 0.2) is 42.5 Å². The zero-order chi connectivity index (χ0) is 17.8. The van der Waals surface area contributed by atoms with E-state index in [9.17, 15) is 0 Å². The number of rotatable bonds is 4. The number of nitrogens with zero attached hydrogens (tertiary/aromatic N) is 2. The molecule has 0 atom stereocenters. The molecule has 3 nitrogen and oxygen atoms in total. The quantitative estimate of drug-likeness (QED) is 0.709. The van der Waals surface area contributed by atoms with E-state index in [1.807, 2.05) is 42.5 Å². The molecule has 0 unspecified atom stereocenters. The normalized spacial score (nSPS) is 15.2. The molecule has 3 rings (SSSR count). The Labute approximate surface area is 164 Å². The topological polar surface area (TPSA) is 15.7 Å². The zero-order valence-electron chi connectivity index (χ0n) is 14.0. The molecule has 2 aromatic carbocycles. The molecular weight excluding hydrogens is 375 g/mol. The predicted molar refractivity (Wildman–Crippen MR) is 108 cm³/mol. The summed E-state index contributed by atoms with van der Waals surface area (Å²) in [6, 6.07) is 13.3. The van der Waals surface area contributed by atoms with Crippen LogP contribution in [0.1, 0.15) is 11.1 Å². The van der Waals surface area contributed by atoms with Crippen molar-refractivity contribution in [2.75, 3.05) is 33.2 Å². The van der Waals surface area contributed by atoms with Gasteiger partial charge in [0, 0.05) is 42.3 Å². The third kappa shape index (κ3) is 4.64. The standard InChI is InChI=1S/C19H20Cl2N2OS/c1-22-8-10-23(11-9-22)19(25)14-6-7-18(17(21)12-14)24-13-15-4-2-3-5-16(15)20/h2-7,12H,8-11,13H2,1H3. The number of ether oxygens (including phenoxy) is 1. The second kappa shape index (κ2) is 8.37. The molecule has 1 saturated heterocycles. The molecule has 0 aliphatic carbocycles. The number of piperazine rings is 1. The molecule has 0 N–H and O–H groups in total. The van der Waals surface area contributed by atoms with Crippen molar-refractivity contribution in [1.29, 1.82) is 0 Å². The van der Waals surface area contributed by atoms with Crippen LogP contribution in [0.3, 0.4) is 0 Å². The van der Waals surface area contributed by atoms with Crippen molar-refractivity contribution in [2.24, 2.45) is 0 Å². The second-order valence-corrected chi connectivity index (χ2v) is 7.32. The van der Waals surface area contributed by atoms with E-state index < -0.39 is 0 Å². The molecular formula is C19H20Cl2N2OS. The zero-order valence-corrected chi connectivity index (χ0v) is 16.4. The van der Waals surface area contributed by atoms with Crippen molar-refractivity contribution >= 4 is 40.4 Å². The summed E-state index contributed by atoms with van der Waals surface area (Å²) in [7, 11) is 2.13. The maximum Gasteiger partial charge on any atom is 0.138 e. The number of halogens is 2. The van der Waals surface area contributed by atoms with Crippen LogP contribution in [0, 0.1) is 0 Å². The third-order valence-electron chi connectivity index (χ3n) is 4.31. The van der Waals surface area contributed by atoms with E-state index in [0.29, 0.717) is 22.4 Å². The third-order valence-corrected chi connectivity index (χ3v) is 5.47. The minimum atomic E-state index is 0.377. The van der Waals surface area contributed by atoms with Crippen molar-refractivity contribution in [3.63, 3.8) is 0 Å². The van der Waals surface area contributed by atoms with Crippen LogP contribution in [0.4, 0.5) is 0 Å². The summed E-state index contributed by atoms with van der Waals surface area (Å²) < 4.78 is 5.82. The lowest BCUT2D eigenvalue weighted by molar-refractivity contribution is 0.218. The van der Waals surface area contributed by atoms with Crippen molar-refractivity contribution in [2.45, 2.75) is 6.61 Å². The number of likely N-dealkylation sites (N-methyl/N-ethyl adjacent to an activating group) is 1. The highest BCUT2D eigenvalue weighted by atomic mass is 35.5. The van der Waals surface area contributed by atoms with E-state index in [1.54, 1.807) is 0 Å². The summed E-state index contributed by atoms with van der Waals surface area (Å²) >= 11 is 18.2. The van der Waals surface area contributed by atoms with Crippen LogP contribution in [0.5, 0.6) is 5.75 Å². The van der Waals surface area contributed by atoms with Gasteiger partial charge in [0.25, 0.3) is 0 Å². The Morgan fingerprint density at radius 2 is 1.76 bits per heavy atom. The van der Waals surface area contributed by atoms with E-state index in [2.05, 4.69) is 16.8 Å². The summed E-state index contributed by atoms with van der Waals surface area (Å²) in [4.78, 5) is 5.37. The molecule has 132 valence electrons. The molecule has 0 bridgehead atoms. The number of hydrogen-bond acceptors (Lipinski definition) is 3. The van der Waals surface area contributed by atoms with Gasteiger partial charge < -0.3 is 14.5 Å². The molecule has 0 saturated carbocycles. The summed E-state index contributed by atoms with van der Waals surface area (Å²) in [5.74, 6) is 0.631. The lowest BCUT2D eigenvalue weighted by atomic mass is 10.2. The number of thiocarbonyl (C=S) groups is 1. The molecule has 6 heteroatoms. The molecule has 1 fully saturated rings. The monoisotopic (exact) mass is 394 g/mol. The maximum atomic E-state index is 6.40. The molecule has 2 aromatic rings. The van der Waals surface area contributed by atoms with Gasteiger partial charge in [-0.3, -0.25) is 0 Å². The van der Waals surface area contributed by atoms with Crippen LogP contribution in [0.2, 0.25) is 10.0 Å². The van der Waals surface area contributed by atoms with Crippen molar-refractivity contribution in [1.82, 2.24) is 9.80 Å². The fraction of sp³-hybridized carbons (Fsp3) is 0.316. The highest BCUT2D eigenvalue weighted by molar-refractivity contribution is 7.80. The first-order valence-electron chi connectivity index (χ1n) is 8.18. The first-order chi connectivity index (χ1) is 12.0. The van der Waals surface area contributed by atoms with Crippen LogP contribution in [-0.4, -0.2) is 48.0 Å². The Morgan fingerprint density at radius 1 is 1.04 bits per heavy atom. The van der Waals surface area contributed by atoms with Gasteiger partial charge in [-0.2, -0.15) is 0 Å². The summed E-state index contributed by atoms with van der Waals surface area (Å²) in [6.45, 7) is 4.30. The number of hydrogen-bond donors (Lipinski definition) is 0. The molecule has 1 aliphatic heterocycles. The average molecular weight is 395 g/mol. The predicted octanol–water partition coefficient (Wildman–Crippen LogP) is 4.50. The Hall–Kier alpha value is -1.33. The van der Waals surface area contributed by atoms with Crippen LogP contribution in [0.25, 0.3) is 0 Å². The van der Waals surface area contributed by atoms with E-state index in [0.717, 1.165) is 42.3 Å². The SMILES string of the molecule is CN1CCN(C(=S)c2ccc(OCc3ccccc3Cl)c(Cl)c2)CC1. The second-order valence-electron chi connectivity index (χ2n) is 6.12. The van der Waals surface area contributed by atoms with Gasteiger partial charge in [0.05, 0.1) is 5.02 Å². The molecule has 1 heterocycles. The Bertz CT molecular complexity index is 761. The van der Waals surface area contributed by atoms with Crippen LogP contribution in [-0.2, 0) is 6.61 Å². The van der Waals surface area contributed by atoms with Crippen LogP contribution >= 0.6 is 35.4 Å². The van der Waals surface area contributed by atoms with Crippen molar-refractivity contribution in [3.8, 4) is 5.75 Å².